The predicted molar refractivity (Wildman–Crippen MR) is 213 cm³/mol. The molecule has 0 bridgehead atoms. The SMILES string of the molecule is NC(=O)Nc1ccc(-c2ccc(C(=O)C3C=C(C(N)=O)N=C(C(O)c4ccc(-c5ccc(NC(N)=O)cc5)cc4OC(F)(F)F)N3Cc3ccccc3)c(OC(F)(F)F)c2)cc1. The van der Waals surface area contributed by atoms with E-state index in [4.69, 9.17) is 17.2 Å². The normalized spacial score (nSPS) is 14.5. The van der Waals surface area contributed by atoms with Crippen LogP contribution in [0.5, 0.6) is 11.5 Å². The fourth-order valence-corrected chi connectivity index (χ4v) is 6.48. The van der Waals surface area contributed by atoms with E-state index in [-0.39, 0.29) is 29.0 Å². The summed E-state index contributed by atoms with van der Waals surface area (Å²) < 4.78 is 92.4. The third kappa shape index (κ3) is 10.8. The van der Waals surface area contributed by atoms with E-state index in [1.807, 2.05) is 0 Å². The number of nitrogens with two attached hydrogens (primary N) is 3. The van der Waals surface area contributed by atoms with Crippen molar-refractivity contribution in [3.63, 3.8) is 0 Å². The molecule has 0 aromatic heterocycles. The summed E-state index contributed by atoms with van der Waals surface area (Å²) >= 11 is 0. The summed E-state index contributed by atoms with van der Waals surface area (Å²) in [6.07, 6.45) is -11.9. The molecule has 1 aliphatic rings. The number of aliphatic hydroxyl groups excluding tert-OH is 1. The van der Waals surface area contributed by atoms with Gasteiger partial charge in [0, 0.05) is 23.5 Å². The lowest BCUT2D eigenvalue weighted by molar-refractivity contribution is -0.275. The molecule has 6 rings (SSSR count). The number of nitrogens with one attached hydrogen (secondary N) is 2. The third-order valence-corrected chi connectivity index (χ3v) is 9.12. The number of ether oxygens (including phenoxy) is 2. The van der Waals surface area contributed by atoms with Crippen molar-refractivity contribution in [1.82, 2.24) is 4.90 Å². The number of hydrogen-bond donors (Lipinski definition) is 6. The number of carbonyl (C=O) groups excluding carboxylic acids is 4. The van der Waals surface area contributed by atoms with Crippen molar-refractivity contribution in [2.24, 2.45) is 22.2 Å². The maximum Gasteiger partial charge on any atom is 0.573 e. The van der Waals surface area contributed by atoms with E-state index in [2.05, 4.69) is 25.1 Å². The Morgan fingerprint density at radius 1 is 0.677 bits per heavy atom. The van der Waals surface area contributed by atoms with E-state index in [9.17, 15) is 50.6 Å². The van der Waals surface area contributed by atoms with Gasteiger partial charge >= 0.3 is 24.8 Å². The maximum atomic E-state index is 14.6. The summed E-state index contributed by atoms with van der Waals surface area (Å²) in [5, 5.41) is 16.7. The zero-order valence-corrected chi connectivity index (χ0v) is 31.7. The molecule has 5 amide bonds. The highest BCUT2D eigenvalue weighted by molar-refractivity contribution is 6.09. The van der Waals surface area contributed by atoms with Crippen molar-refractivity contribution in [2.45, 2.75) is 31.4 Å². The number of carbonyl (C=O) groups is 4. The molecule has 62 heavy (non-hydrogen) atoms. The second kappa shape index (κ2) is 17.8. The molecular formula is C42H33F6N7O7. The Morgan fingerprint density at radius 3 is 1.66 bits per heavy atom. The number of aliphatic hydroxyl groups is 1. The van der Waals surface area contributed by atoms with Gasteiger partial charge in [0.2, 0.25) is 0 Å². The van der Waals surface area contributed by atoms with Crippen LogP contribution in [0.15, 0.2) is 132 Å². The van der Waals surface area contributed by atoms with Crippen LogP contribution in [0.4, 0.5) is 47.3 Å². The predicted octanol–water partition coefficient (Wildman–Crippen LogP) is 7.37. The average Bonchev–Trinajstić information content (AvgIpc) is 3.19. The second-order valence-corrected chi connectivity index (χ2v) is 13.4. The number of amidine groups is 1. The van der Waals surface area contributed by atoms with Gasteiger partial charge in [-0.2, -0.15) is 0 Å². The van der Waals surface area contributed by atoms with Crippen LogP contribution in [0, 0.1) is 0 Å². The first-order valence-corrected chi connectivity index (χ1v) is 18.0. The van der Waals surface area contributed by atoms with Crippen LogP contribution in [0.1, 0.15) is 27.6 Å². The smallest absolute Gasteiger partial charge is 0.405 e. The van der Waals surface area contributed by atoms with Crippen molar-refractivity contribution in [1.29, 1.82) is 0 Å². The summed E-state index contributed by atoms with van der Waals surface area (Å²) in [4.78, 5) is 55.1. The van der Waals surface area contributed by atoms with E-state index in [0.717, 1.165) is 35.2 Å². The van der Waals surface area contributed by atoms with E-state index >= 15 is 0 Å². The van der Waals surface area contributed by atoms with E-state index in [1.54, 1.807) is 30.3 Å². The Hall–Kier alpha value is -7.87. The van der Waals surface area contributed by atoms with Crippen LogP contribution in [0.2, 0.25) is 0 Å². The number of ketones is 1. The molecule has 5 aromatic carbocycles. The molecule has 14 nitrogen and oxygen atoms in total. The van der Waals surface area contributed by atoms with E-state index in [1.165, 1.54) is 60.7 Å². The van der Waals surface area contributed by atoms with Gasteiger partial charge in [0.25, 0.3) is 5.91 Å². The molecule has 2 unspecified atom stereocenters. The van der Waals surface area contributed by atoms with Crippen LogP contribution in [0.3, 0.4) is 0 Å². The zero-order chi connectivity index (χ0) is 44.9. The molecule has 320 valence electrons. The minimum atomic E-state index is -5.32. The topological polar surface area (TPSA) is 225 Å². The molecule has 0 saturated heterocycles. The van der Waals surface area contributed by atoms with Gasteiger partial charge in [-0.3, -0.25) is 9.59 Å². The number of hydrogen-bond acceptors (Lipinski definition) is 9. The standard InChI is InChI=1S/C42H33F6N7O7/c43-41(44,45)61-33-18-25(23-6-12-27(13-7-23)52-39(50)59)10-16-29(33)35(56)32-20-31(37(49)58)54-38(55(32)21-22-4-2-1-3-5-22)36(57)30-17-11-26(19-34(30)62-42(46,47)48)24-8-14-28(15-9-24)53-40(51)60/h1-20,32,36,57H,21H2,(H2,49,58)(H3,50,52,59)(H3,51,53,60). The van der Waals surface area contributed by atoms with Crippen molar-refractivity contribution >= 4 is 41.0 Å². The number of Topliss-reactive ketones (excluding diaryl/α,β-unsaturated/α-hetero) is 1. The number of urea groups is 2. The Labute approximate surface area is 347 Å². The summed E-state index contributed by atoms with van der Waals surface area (Å²) in [5.74, 6) is -4.85. The van der Waals surface area contributed by atoms with Crippen molar-refractivity contribution in [2.75, 3.05) is 10.6 Å². The first kappa shape index (κ1) is 43.7. The van der Waals surface area contributed by atoms with Crippen LogP contribution in [-0.2, 0) is 11.3 Å². The number of anilines is 2. The number of halogens is 6. The molecule has 9 N–H and O–H groups in total. The Kier molecular flexibility index (Phi) is 12.5. The Balaban J connectivity index is 1.45. The van der Waals surface area contributed by atoms with Crippen molar-refractivity contribution in [3.05, 3.63) is 144 Å². The molecule has 0 spiro atoms. The van der Waals surface area contributed by atoms with Gasteiger partial charge in [0.1, 0.15) is 35.2 Å². The monoisotopic (exact) mass is 861 g/mol. The molecule has 0 aliphatic carbocycles. The summed E-state index contributed by atoms with van der Waals surface area (Å²) in [6.45, 7) is -0.339. The minimum absolute atomic E-state index is 0.140. The van der Waals surface area contributed by atoms with E-state index in [0.29, 0.717) is 16.7 Å². The first-order chi connectivity index (χ1) is 29.2. The van der Waals surface area contributed by atoms with Crippen LogP contribution in [-0.4, -0.2) is 58.4 Å². The molecule has 1 aliphatic heterocycles. The van der Waals surface area contributed by atoms with E-state index < -0.39 is 82.8 Å². The fourth-order valence-electron chi connectivity index (χ4n) is 6.48. The first-order valence-electron chi connectivity index (χ1n) is 18.0. The number of primary amides is 3. The highest BCUT2D eigenvalue weighted by Gasteiger charge is 2.41. The molecule has 2 atom stereocenters. The van der Waals surface area contributed by atoms with Gasteiger partial charge < -0.3 is 47.3 Å². The molecule has 5 aromatic rings. The molecular weight excluding hydrogens is 828 g/mol. The highest BCUT2D eigenvalue weighted by Crippen LogP contribution is 2.39. The summed E-state index contributed by atoms with van der Waals surface area (Å²) in [5.41, 5.74) is 16.0. The third-order valence-electron chi connectivity index (χ3n) is 9.12. The number of nitrogens with zero attached hydrogens (tertiary/aromatic N) is 2. The average molecular weight is 862 g/mol. The second-order valence-electron chi connectivity index (χ2n) is 13.4. The number of rotatable bonds is 13. The largest absolute Gasteiger partial charge is 0.573 e. The molecule has 0 fully saturated rings. The fraction of sp³-hybridized carbons (Fsp3) is 0.119. The number of benzene rings is 5. The van der Waals surface area contributed by atoms with Crippen LogP contribution >= 0.6 is 0 Å². The van der Waals surface area contributed by atoms with Gasteiger partial charge in [-0.05, 0) is 76.4 Å². The zero-order valence-electron chi connectivity index (χ0n) is 31.7. The van der Waals surface area contributed by atoms with Crippen molar-refractivity contribution < 1.29 is 60.1 Å². The molecule has 1 heterocycles. The van der Waals surface area contributed by atoms with Gasteiger partial charge in [-0.25, -0.2) is 14.6 Å². The molecule has 0 saturated carbocycles. The number of amides is 5. The quantitative estimate of drug-likeness (QED) is 0.0517. The lowest BCUT2D eigenvalue weighted by Crippen LogP contribution is -2.48. The molecule has 0 radical (unpaired) electrons. The lowest BCUT2D eigenvalue weighted by atomic mass is 9.94. The van der Waals surface area contributed by atoms with Crippen LogP contribution in [0.25, 0.3) is 22.3 Å². The number of aliphatic imine (C=N–C) groups is 1. The minimum Gasteiger partial charge on any atom is -0.405 e. The number of alkyl halides is 6. The van der Waals surface area contributed by atoms with Gasteiger partial charge in [-0.1, -0.05) is 72.8 Å². The van der Waals surface area contributed by atoms with Crippen molar-refractivity contribution in [3.8, 4) is 33.8 Å². The maximum absolute atomic E-state index is 14.6. The van der Waals surface area contributed by atoms with Gasteiger partial charge in [0.15, 0.2) is 5.78 Å². The Bertz CT molecular complexity index is 2570. The Morgan fingerprint density at radius 2 is 1.16 bits per heavy atom. The van der Waals surface area contributed by atoms with Gasteiger partial charge in [0.05, 0.1) is 5.56 Å². The molecule has 20 heteroatoms. The van der Waals surface area contributed by atoms with Gasteiger partial charge in [-0.15, -0.1) is 26.3 Å². The van der Waals surface area contributed by atoms with Crippen LogP contribution < -0.4 is 37.3 Å². The lowest BCUT2D eigenvalue weighted by Gasteiger charge is -2.37. The summed E-state index contributed by atoms with van der Waals surface area (Å²) in [7, 11) is 0. The highest BCUT2D eigenvalue weighted by atomic mass is 19.4. The summed E-state index contributed by atoms with van der Waals surface area (Å²) in [6, 6.07) is 22.8.